The number of aromatic nitrogens is 4. The van der Waals surface area contributed by atoms with E-state index in [0.29, 0.717) is 31.4 Å². The highest BCUT2D eigenvalue weighted by molar-refractivity contribution is 6.03. The van der Waals surface area contributed by atoms with E-state index in [1.807, 2.05) is 67.6 Å². The standard InChI is InChI=1S/C20H17F3N6O2.C10H13NO/c1-2-28-18-12(11-25-29(18)13-6-4-3-5-7-13)10-14(19(28)31)26-17(30)16-24-9-8-15(27-16)20(21,22)23;1-2-10(12)11-8-9-6-4-3-5-7-9/h3-9,11,14H,2,10H2,1H3,(H,26,30);3-7H,2,8H2,1H3,(H,11,12). The van der Waals surface area contributed by atoms with Gasteiger partial charge in [-0.3, -0.25) is 19.3 Å². The highest BCUT2D eigenvalue weighted by Crippen LogP contribution is 2.30. The van der Waals surface area contributed by atoms with E-state index in [4.69, 9.17) is 0 Å². The third-order valence-electron chi connectivity index (χ3n) is 6.49. The van der Waals surface area contributed by atoms with Crippen molar-refractivity contribution in [3.63, 3.8) is 0 Å². The molecule has 0 saturated carbocycles. The topological polar surface area (TPSA) is 122 Å². The van der Waals surface area contributed by atoms with Crippen molar-refractivity contribution in [3.8, 4) is 5.69 Å². The molecule has 4 aromatic rings. The van der Waals surface area contributed by atoms with E-state index >= 15 is 0 Å². The number of anilines is 1. The summed E-state index contributed by atoms with van der Waals surface area (Å²) in [6.45, 7) is 4.58. The number of nitrogens with zero attached hydrogens (tertiary/aromatic N) is 5. The monoisotopic (exact) mass is 593 g/mol. The molecule has 0 aliphatic carbocycles. The number of carbonyl (C=O) groups is 3. The minimum Gasteiger partial charge on any atom is -0.352 e. The van der Waals surface area contributed by atoms with E-state index < -0.39 is 35.6 Å². The van der Waals surface area contributed by atoms with Crippen molar-refractivity contribution in [2.75, 3.05) is 11.4 Å². The van der Waals surface area contributed by atoms with E-state index in [-0.39, 0.29) is 12.3 Å². The minimum absolute atomic E-state index is 0.0962. The molecule has 0 fully saturated rings. The van der Waals surface area contributed by atoms with Crippen LogP contribution in [0.5, 0.6) is 0 Å². The first-order chi connectivity index (χ1) is 20.6. The zero-order valence-electron chi connectivity index (χ0n) is 23.5. The fourth-order valence-corrected chi connectivity index (χ4v) is 4.35. The minimum atomic E-state index is -4.71. The summed E-state index contributed by atoms with van der Waals surface area (Å²) in [5, 5.41) is 9.64. The maximum atomic E-state index is 13.0. The first kappa shape index (κ1) is 30.9. The van der Waals surface area contributed by atoms with E-state index in [1.54, 1.807) is 17.8 Å². The number of benzene rings is 2. The third-order valence-corrected chi connectivity index (χ3v) is 6.49. The predicted octanol–water partition coefficient (Wildman–Crippen LogP) is 4.10. The molecule has 1 atom stereocenters. The largest absolute Gasteiger partial charge is 0.433 e. The highest BCUT2D eigenvalue weighted by atomic mass is 19.4. The van der Waals surface area contributed by atoms with Crippen LogP contribution in [0.4, 0.5) is 19.0 Å². The molecule has 43 heavy (non-hydrogen) atoms. The Bertz CT molecular complexity index is 1560. The zero-order chi connectivity index (χ0) is 31.0. The Hall–Kier alpha value is -5.07. The number of para-hydroxylation sites is 1. The van der Waals surface area contributed by atoms with Crippen molar-refractivity contribution in [2.24, 2.45) is 0 Å². The van der Waals surface area contributed by atoms with Crippen molar-refractivity contribution in [3.05, 3.63) is 102 Å². The van der Waals surface area contributed by atoms with Gasteiger partial charge in [-0.2, -0.15) is 18.3 Å². The fourth-order valence-electron chi connectivity index (χ4n) is 4.35. The van der Waals surface area contributed by atoms with Crippen LogP contribution < -0.4 is 15.5 Å². The Kier molecular flexibility index (Phi) is 9.86. The van der Waals surface area contributed by atoms with Crippen molar-refractivity contribution in [1.29, 1.82) is 0 Å². The summed E-state index contributed by atoms with van der Waals surface area (Å²) in [5.41, 5.74) is 1.40. The van der Waals surface area contributed by atoms with Gasteiger partial charge in [0.05, 0.1) is 11.9 Å². The lowest BCUT2D eigenvalue weighted by atomic mass is 10.0. The third kappa shape index (κ3) is 7.61. The van der Waals surface area contributed by atoms with Crippen LogP contribution >= 0.6 is 0 Å². The van der Waals surface area contributed by atoms with Gasteiger partial charge >= 0.3 is 6.18 Å². The van der Waals surface area contributed by atoms with Crippen LogP contribution in [-0.2, 0) is 28.7 Å². The van der Waals surface area contributed by atoms with Crippen molar-refractivity contribution >= 4 is 23.5 Å². The first-order valence-corrected chi connectivity index (χ1v) is 13.6. The molecule has 2 aromatic carbocycles. The van der Waals surface area contributed by atoms with Gasteiger partial charge < -0.3 is 10.6 Å². The lowest BCUT2D eigenvalue weighted by Crippen LogP contribution is -2.53. The van der Waals surface area contributed by atoms with Gasteiger partial charge in [-0.05, 0) is 30.7 Å². The number of carbonyl (C=O) groups excluding carboxylic acids is 3. The number of alkyl halides is 3. The molecular formula is C30H30F3N7O3. The van der Waals surface area contributed by atoms with Crippen LogP contribution in [0.25, 0.3) is 5.69 Å². The zero-order valence-corrected chi connectivity index (χ0v) is 23.5. The Balaban J connectivity index is 0.000000296. The first-order valence-electron chi connectivity index (χ1n) is 13.6. The molecule has 1 unspecified atom stereocenters. The summed E-state index contributed by atoms with van der Waals surface area (Å²) in [7, 11) is 0. The van der Waals surface area contributed by atoms with Crippen molar-refractivity contribution in [1.82, 2.24) is 30.4 Å². The Morgan fingerprint density at radius 1 is 1.00 bits per heavy atom. The van der Waals surface area contributed by atoms with E-state index in [2.05, 4.69) is 25.7 Å². The predicted molar refractivity (Wildman–Crippen MR) is 152 cm³/mol. The van der Waals surface area contributed by atoms with Crippen LogP contribution in [0.2, 0.25) is 0 Å². The Morgan fingerprint density at radius 2 is 1.67 bits per heavy atom. The molecule has 2 aromatic heterocycles. The molecule has 0 bridgehead atoms. The fraction of sp³-hybridized carbons (Fsp3) is 0.267. The highest BCUT2D eigenvalue weighted by Gasteiger charge is 2.37. The number of hydrogen-bond acceptors (Lipinski definition) is 6. The maximum absolute atomic E-state index is 13.0. The second-order valence-corrected chi connectivity index (χ2v) is 9.43. The van der Waals surface area contributed by atoms with E-state index in [9.17, 15) is 27.6 Å². The van der Waals surface area contributed by atoms with E-state index in [1.165, 1.54) is 4.90 Å². The van der Waals surface area contributed by atoms with Crippen LogP contribution in [0.15, 0.2) is 79.1 Å². The van der Waals surface area contributed by atoms with E-state index in [0.717, 1.165) is 23.0 Å². The average molecular weight is 594 g/mol. The molecule has 0 radical (unpaired) electrons. The smallest absolute Gasteiger partial charge is 0.352 e. The molecule has 13 heteroatoms. The van der Waals surface area contributed by atoms with Gasteiger partial charge in [0.2, 0.25) is 11.7 Å². The molecule has 3 heterocycles. The second-order valence-electron chi connectivity index (χ2n) is 9.43. The van der Waals surface area contributed by atoms with Crippen LogP contribution in [0.1, 0.15) is 47.7 Å². The number of amides is 3. The molecule has 0 saturated heterocycles. The normalized spacial score (nSPS) is 14.3. The summed E-state index contributed by atoms with van der Waals surface area (Å²) >= 11 is 0. The van der Waals surface area contributed by atoms with Gasteiger partial charge in [0.15, 0.2) is 0 Å². The maximum Gasteiger partial charge on any atom is 0.433 e. The summed E-state index contributed by atoms with van der Waals surface area (Å²) in [6, 6.07) is 18.8. The number of nitrogens with one attached hydrogen (secondary N) is 2. The Labute approximate surface area is 246 Å². The lowest BCUT2D eigenvalue weighted by Gasteiger charge is -2.32. The summed E-state index contributed by atoms with van der Waals surface area (Å²) in [5.74, 6) is -1.32. The Morgan fingerprint density at radius 3 is 2.30 bits per heavy atom. The molecule has 5 rings (SSSR count). The van der Waals surface area contributed by atoms with Crippen molar-refractivity contribution in [2.45, 2.75) is 45.5 Å². The molecule has 3 amide bonds. The number of hydrogen-bond donors (Lipinski definition) is 2. The molecular weight excluding hydrogens is 563 g/mol. The summed E-state index contributed by atoms with van der Waals surface area (Å²) < 4.78 is 40.2. The van der Waals surface area contributed by atoms with Gasteiger partial charge in [-0.1, -0.05) is 55.5 Å². The average Bonchev–Trinajstić information content (AvgIpc) is 3.44. The van der Waals surface area contributed by atoms with Gasteiger partial charge in [0.25, 0.3) is 11.8 Å². The second kappa shape index (κ2) is 13.7. The number of rotatable bonds is 7. The van der Waals surface area contributed by atoms with Gasteiger partial charge in [0.1, 0.15) is 17.6 Å². The quantitative estimate of drug-likeness (QED) is 0.333. The van der Waals surface area contributed by atoms with Gasteiger partial charge in [-0.15, -0.1) is 0 Å². The number of halogens is 3. The number of fused-ring (bicyclic) bond motifs is 1. The molecule has 10 nitrogen and oxygen atoms in total. The van der Waals surface area contributed by atoms with Gasteiger partial charge in [0, 0.05) is 37.7 Å². The summed E-state index contributed by atoms with van der Waals surface area (Å²) in [6.07, 6.45) is -1.56. The summed E-state index contributed by atoms with van der Waals surface area (Å²) in [4.78, 5) is 44.8. The lowest BCUT2D eigenvalue weighted by molar-refractivity contribution is -0.141. The molecule has 1 aliphatic rings. The molecule has 0 spiro atoms. The van der Waals surface area contributed by atoms with Crippen LogP contribution in [0.3, 0.4) is 0 Å². The van der Waals surface area contributed by atoms with Crippen molar-refractivity contribution < 1.29 is 27.6 Å². The molecule has 224 valence electrons. The molecule has 1 aliphatic heterocycles. The number of likely N-dealkylation sites (N-methyl/N-ethyl adjacent to an activating group) is 1. The SMILES string of the molecule is CCC(=O)NCc1ccccc1.CCN1C(=O)C(NC(=O)c2nccc(C(F)(F)F)n2)Cc2cnn(-c3ccccc3)c21. The van der Waals surface area contributed by atoms with Crippen LogP contribution in [-0.4, -0.2) is 50.1 Å². The van der Waals surface area contributed by atoms with Gasteiger partial charge in [-0.25, -0.2) is 14.6 Å². The van der Waals surface area contributed by atoms with Crippen LogP contribution in [0, 0.1) is 0 Å². The molecule has 2 N–H and O–H groups in total.